The van der Waals surface area contributed by atoms with Crippen molar-refractivity contribution in [1.29, 1.82) is 0 Å². The second-order valence-corrected chi connectivity index (χ2v) is 4.37. The summed E-state index contributed by atoms with van der Waals surface area (Å²) in [6, 6.07) is 0.150. The van der Waals surface area contributed by atoms with Crippen LogP contribution >= 0.6 is 0 Å². The Morgan fingerprint density at radius 2 is 2.39 bits per heavy atom. The van der Waals surface area contributed by atoms with Gasteiger partial charge in [-0.25, -0.2) is 0 Å². The first kappa shape index (κ1) is 12.6. The molecule has 0 spiro atoms. The molecule has 1 aliphatic rings. The number of nitrogens with one attached hydrogen (secondary N) is 1. The van der Waals surface area contributed by atoms with Crippen LogP contribution in [0.4, 0.5) is 5.82 Å². The molecule has 1 fully saturated rings. The van der Waals surface area contributed by atoms with Gasteiger partial charge in [0.05, 0.1) is 24.9 Å². The lowest BCUT2D eigenvalue weighted by molar-refractivity contribution is -0.141. The molecule has 1 aliphatic carbocycles. The number of carbonyl (C=O) groups is 1. The number of hydrogen-bond acceptors (Lipinski definition) is 5. The smallest absolute Gasteiger partial charge is 0.306 e. The number of nitrogens with zero attached hydrogens (tertiary/aromatic N) is 2. The summed E-state index contributed by atoms with van der Waals surface area (Å²) in [6.45, 7) is 2.43. The molecule has 1 aromatic rings. The Morgan fingerprint density at radius 1 is 1.56 bits per heavy atom. The Morgan fingerprint density at radius 3 is 3.06 bits per heavy atom. The quantitative estimate of drug-likeness (QED) is 0.825. The molecule has 1 heterocycles. The van der Waals surface area contributed by atoms with E-state index in [2.05, 4.69) is 15.3 Å². The Bertz CT molecular complexity index is 425. The second kappa shape index (κ2) is 5.66. The average molecular weight is 251 g/mol. The predicted octanol–water partition coefficient (Wildman–Crippen LogP) is 1.54. The van der Waals surface area contributed by atoms with Gasteiger partial charge in [0.1, 0.15) is 5.82 Å². The highest BCUT2D eigenvalue weighted by Crippen LogP contribution is 2.27. The molecule has 0 radical (unpaired) electrons. The Balaban J connectivity index is 1.94. The third-order valence-corrected chi connectivity index (χ3v) is 3.04. The Kier molecular flexibility index (Phi) is 3.96. The lowest BCUT2D eigenvalue weighted by Gasteiger charge is -2.13. The van der Waals surface area contributed by atoms with Crippen LogP contribution in [0.1, 0.15) is 26.2 Å². The topological polar surface area (TPSA) is 84.3 Å². The fourth-order valence-corrected chi connectivity index (χ4v) is 2.18. The number of ether oxygens (including phenoxy) is 1. The highest BCUT2D eigenvalue weighted by molar-refractivity contribution is 5.70. The number of anilines is 1. The van der Waals surface area contributed by atoms with Crippen LogP contribution in [0.15, 0.2) is 12.4 Å². The summed E-state index contributed by atoms with van der Waals surface area (Å²) < 4.78 is 5.26. The zero-order valence-corrected chi connectivity index (χ0v) is 10.3. The van der Waals surface area contributed by atoms with E-state index in [0.717, 1.165) is 6.42 Å². The highest BCUT2D eigenvalue weighted by Gasteiger charge is 2.29. The summed E-state index contributed by atoms with van der Waals surface area (Å²) in [5, 5.41) is 12.1. The SMILES string of the molecule is CCOc1cncc(NC2CCC(C(=O)O)C2)n1. The Labute approximate surface area is 105 Å². The van der Waals surface area contributed by atoms with Crippen molar-refractivity contribution in [3.63, 3.8) is 0 Å². The molecule has 0 bridgehead atoms. The van der Waals surface area contributed by atoms with E-state index in [0.29, 0.717) is 31.1 Å². The molecule has 0 amide bonds. The maximum absolute atomic E-state index is 10.9. The fourth-order valence-electron chi connectivity index (χ4n) is 2.18. The van der Waals surface area contributed by atoms with Gasteiger partial charge in [0.15, 0.2) is 0 Å². The first-order valence-corrected chi connectivity index (χ1v) is 6.13. The lowest BCUT2D eigenvalue weighted by atomic mass is 10.1. The molecule has 2 atom stereocenters. The summed E-state index contributed by atoms with van der Waals surface area (Å²) in [6.07, 6.45) is 5.37. The van der Waals surface area contributed by atoms with Gasteiger partial charge in [-0.2, -0.15) is 4.98 Å². The van der Waals surface area contributed by atoms with Crippen LogP contribution in [0, 0.1) is 5.92 Å². The molecule has 2 unspecified atom stereocenters. The number of carboxylic acid groups (broad SMARTS) is 1. The van der Waals surface area contributed by atoms with Gasteiger partial charge in [-0.15, -0.1) is 0 Å². The van der Waals surface area contributed by atoms with Crippen molar-refractivity contribution in [3.05, 3.63) is 12.4 Å². The summed E-state index contributed by atoms with van der Waals surface area (Å²) >= 11 is 0. The van der Waals surface area contributed by atoms with Crippen molar-refractivity contribution < 1.29 is 14.6 Å². The van der Waals surface area contributed by atoms with E-state index in [-0.39, 0.29) is 12.0 Å². The molecule has 1 saturated carbocycles. The van der Waals surface area contributed by atoms with Crippen molar-refractivity contribution in [2.45, 2.75) is 32.2 Å². The minimum atomic E-state index is -0.714. The maximum atomic E-state index is 10.9. The van der Waals surface area contributed by atoms with Crippen LogP contribution < -0.4 is 10.1 Å². The normalized spacial score (nSPS) is 22.7. The maximum Gasteiger partial charge on any atom is 0.306 e. The average Bonchev–Trinajstić information content (AvgIpc) is 2.78. The molecule has 0 saturated heterocycles. The zero-order valence-electron chi connectivity index (χ0n) is 10.3. The molecule has 18 heavy (non-hydrogen) atoms. The molecular weight excluding hydrogens is 234 g/mol. The fraction of sp³-hybridized carbons (Fsp3) is 0.583. The molecule has 2 N–H and O–H groups in total. The van der Waals surface area contributed by atoms with Crippen molar-refractivity contribution in [2.24, 2.45) is 5.92 Å². The summed E-state index contributed by atoms with van der Waals surface area (Å²) in [7, 11) is 0. The summed E-state index contributed by atoms with van der Waals surface area (Å²) in [5.41, 5.74) is 0. The molecule has 0 aliphatic heterocycles. The van der Waals surface area contributed by atoms with Gasteiger partial charge in [0, 0.05) is 6.04 Å². The van der Waals surface area contributed by atoms with Gasteiger partial charge in [-0.05, 0) is 26.2 Å². The second-order valence-electron chi connectivity index (χ2n) is 4.37. The van der Waals surface area contributed by atoms with Crippen molar-refractivity contribution in [2.75, 3.05) is 11.9 Å². The largest absolute Gasteiger partial charge is 0.481 e. The number of aromatic nitrogens is 2. The predicted molar refractivity (Wildman–Crippen MR) is 65.6 cm³/mol. The van der Waals surface area contributed by atoms with E-state index in [1.165, 1.54) is 0 Å². The molecule has 98 valence electrons. The third-order valence-electron chi connectivity index (χ3n) is 3.04. The van der Waals surface area contributed by atoms with E-state index < -0.39 is 5.97 Å². The van der Waals surface area contributed by atoms with Crippen LogP contribution in [0.25, 0.3) is 0 Å². The van der Waals surface area contributed by atoms with Gasteiger partial charge in [0.2, 0.25) is 5.88 Å². The van der Waals surface area contributed by atoms with E-state index in [1.807, 2.05) is 6.92 Å². The van der Waals surface area contributed by atoms with Crippen molar-refractivity contribution >= 4 is 11.8 Å². The standard InChI is InChI=1S/C12H17N3O3/c1-2-18-11-7-13-6-10(15-11)14-9-4-3-8(5-9)12(16)17/h6-9H,2-5H2,1H3,(H,14,15)(H,16,17). The molecule has 0 aromatic carbocycles. The van der Waals surface area contributed by atoms with E-state index in [4.69, 9.17) is 9.84 Å². The third kappa shape index (κ3) is 3.09. The first-order valence-electron chi connectivity index (χ1n) is 6.13. The minimum Gasteiger partial charge on any atom is -0.481 e. The minimum absolute atomic E-state index is 0.150. The highest BCUT2D eigenvalue weighted by atomic mass is 16.5. The van der Waals surface area contributed by atoms with Crippen LogP contribution in [0.2, 0.25) is 0 Å². The van der Waals surface area contributed by atoms with E-state index >= 15 is 0 Å². The van der Waals surface area contributed by atoms with Crippen LogP contribution in [0.5, 0.6) is 5.88 Å². The van der Waals surface area contributed by atoms with Crippen molar-refractivity contribution in [1.82, 2.24) is 9.97 Å². The van der Waals surface area contributed by atoms with Crippen LogP contribution in [-0.2, 0) is 4.79 Å². The lowest BCUT2D eigenvalue weighted by Crippen LogP contribution is -2.18. The van der Waals surface area contributed by atoms with Gasteiger partial charge < -0.3 is 15.2 Å². The number of aliphatic carboxylic acids is 1. The van der Waals surface area contributed by atoms with E-state index in [9.17, 15) is 4.79 Å². The number of rotatable bonds is 5. The molecule has 6 nitrogen and oxygen atoms in total. The molecular formula is C12H17N3O3. The van der Waals surface area contributed by atoms with E-state index in [1.54, 1.807) is 12.4 Å². The monoisotopic (exact) mass is 251 g/mol. The number of hydrogen-bond donors (Lipinski definition) is 2. The van der Waals surface area contributed by atoms with Gasteiger partial charge in [-0.1, -0.05) is 0 Å². The summed E-state index contributed by atoms with van der Waals surface area (Å²) in [4.78, 5) is 19.1. The van der Waals surface area contributed by atoms with Gasteiger partial charge >= 0.3 is 5.97 Å². The summed E-state index contributed by atoms with van der Waals surface area (Å²) in [5.74, 6) is 0.159. The Hall–Kier alpha value is -1.85. The number of carboxylic acids is 1. The van der Waals surface area contributed by atoms with Gasteiger partial charge in [0.25, 0.3) is 0 Å². The van der Waals surface area contributed by atoms with Crippen molar-refractivity contribution in [3.8, 4) is 5.88 Å². The molecule has 6 heteroatoms. The molecule has 1 aromatic heterocycles. The molecule has 2 rings (SSSR count). The zero-order chi connectivity index (χ0) is 13.0. The van der Waals surface area contributed by atoms with Gasteiger partial charge in [-0.3, -0.25) is 9.78 Å². The van der Waals surface area contributed by atoms with Crippen LogP contribution in [0.3, 0.4) is 0 Å². The first-order chi connectivity index (χ1) is 8.69. The van der Waals surface area contributed by atoms with Crippen LogP contribution in [-0.4, -0.2) is 33.7 Å².